The standard InChI is InChI=1S/C31H32ClN5O3.C31H31ClN4O3.C12H12NO2P/c1-20-18-35(28(21-10-6-4-7-11-21)22-12-8-5-9-13-22)14-15-36(20)30(39)24-16-23-25(29(38)31(40)34(2)3)19-37(33)27(23)17-26(24)32;1-20-19-35(28(21-10-6-4-7-11-21)22-12-8-5-9-13-22)14-15-36(20)30(38)24-16-23-25(29(37)31(39)34(2)3)18-33-27(23)17-26(24)32;13-15-16(14,11-7-3-1-4-8-11)12-9-5-2-6-10-12/h4-13,16-17,19-20,28H,14-15,18,33H2,1-3H3;4-13,16-18,20,28,33H,14-15,19H2,1-3H3;1-10H,13H2/t2*20-;/m11./s1. The molecule has 0 unspecified atom stereocenters. The van der Waals surface area contributed by atoms with Gasteiger partial charge >= 0.3 is 0 Å². The molecule has 2 aromatic heterocycles. The maximum atomic E-state index is 13.8. The van der Waals surface area contributed by atoms with Gasteiger partial charge in [0.25, 0.3) is 42.6 Å². The third-order valence-electron chi connectivity index (χ3n) is 17.2. The van der Waals surface area contributed by atoms with Gasteiger partial charge in [-0.1, -0.05) is 181 Å². The Bertz CT molecular complexity index is 4310. The summed E-state index contributed by atoms with van der Waals surface area (Å²) < 4.78 is 18.7. The Balaban J connectivity index is 0.000000169. The summed E-state index contributed by atoms with van der Waals surface area (Å²) in [4.78, 5) is 91.9. The number of ketones is 2. The number of rotatable bonds is 15. The van der Waals surface area contributed by atoms with Crippen LogP contribution in [-0.4, -0.2) is 154 Å². The first kappa shape index (κ1) is 68.4. The number of carbonyl (C=O) groups excluding carboxylic acids is 6. The van der Waals surface area contributed by atoms with E-state index in [0.29, 0.717) is 82.3 Å². The fraction of sp³-hybridized carbons (Fsp3) is 0.216. The molecule has 8 aromatic carbocycles. The summed E-state index contributed by atoms with van der Waals surface area (Å²) in [5.41, 5.74) is 6.82. The van der Waals surface area contributed by atoms with Crippen LogP contribution in [0, 0.1) is 0 Å². The molecule has 0 bridgehead atoms. The highest BCUT2D eigenvalue weighted by Crippen LogP contribution is 2.42. The van der Waals surface area contributed by atoms with E-state index in [0.717, 1.165) is 0 Å². The van der Waals surface area contributed by atoms with Gasteiger partial charge in [-0.25, -0.2) is 10.5 Å². The molecule has 2 aliphatic heterocycles. The summed E-state index contributed by atoms with van der Waals surface area (Å²) in [6.45, 7) is 7.83. The van der Waals surface area contributed by atoms with Crippen molar-refractivity contribution >= 4 is 98.2 Å². The van der Waals surface area contributed by atoms with Gasteiger partial charge in [0.15, 0.2) is 0 Å². The number of nitrogens with zero attached hydrogens (tertiary/aromatic N) is 7. The number of nitrogens with two attached hydrogens (primary N) is 2. The van der Waals surface area contributed by atoms with E-state index in [1.54, 1.807) is 48.5 Å². The molecule has 95 heavy (non-hydrogen) atoms. The molecule has 18 nitrogen and oxygen atoms in total. The number of Topliss-reactive ketones (excluding diaryl/α,β-unsaturated/α-hetero) is 2. The largest absolute Gasteiger partial charge is 0.360 e. The molecule has 0 aliphatic carbocycles. The highest BCUT2D eigenvalue weighted by atomic mass is 35.5. The zero-order valence-corrected chi connectivity index (χ0v) is 56.0. The zero-order chi connectivity index (χ0) is 67.7. The molecule has 2 atom stereocenters. The summed E-state index contributed by atoms with van der Waals surface area (Å²) in [6.07, 6.45) is 2.89. The molecule has 0 saturated carbocycles. The first-order valence-corrected chi connectivity index (χ1v) is 33.4. The van der Waals surface area contributed by atoms with Gasteiger partial charge < -0.3 is 30.4 Å². The summed E-state index contributed by atoms with van der Waals surface area (Å²) in [6, 6.07) is 65.9. The normalized spacial score (nSPS) is 15.2. The van der Waals surface area contributed by atoms with Crippen molar-refractivity contribution in [3.8, 4) is 0 Å². The van der Waals surface area contributed by atoms with E-state index in [-0.39, 0.29) is 57.7 Å². The Labute approximate surface area is 562 Å². The molecule has 10 aromatic rings. The second-order valence-corrected chi connectivity index (χ2v) is 27.1. The van der Waals surface area contributed by atoms with E-state index in [9.17, 15) is 33.3 Å². The molecular weight excluding hydrogens is 1260 g/mol. The molecule has 488 valence electrons. The lowest BCUT2D eigenvalue weighted by molar-refractivity contribution is -0.124. The fourth-order valence-electron chi connectivity index (χ4n) is 12.4. The minimum Gasteiger partial charge on any atom is -0.360 e. The number of aromatic nitrogens is 2. The van der Waals surface area contributed by atoms with Crippen molar-refractivity contribution in [1.82, 2.24) is 39.1 Å². The second kappa shape index (κ2) is 30.3. The summed E-state index contributed by atoms with van der Waals surface area (Å²) in [5, 5.41) is 2.65. The van der Waals surface area contributed by atoms with Gasteiger partial charge in [-0.05, 0) is 84.6 Å². The maximum Gasteiger partial charge on any atom is 0.294 e. The SMILES string of the molecule is C[C@@H]1CN(C(c2ccccc2)c2ccccc2)CCN1C(=O)c1cc2c(C(=O)C(=O)N(C)C)c[nH]c2cc1Cl.C[C@@H]1CN(C(c2ccccc2)c2ccccc2)CCN1C(=O)c1cc2c(C(=O)C(=O)N(C)C)cn(N)c2cc1Cl.NOP(=O)(c1ccccc1)c1ccccc1. The van der Waals surface area contributed by atoms with Crippen LogP contribution in [0.25, 0.3) is 21.8 Å². The summed E-state index contributed by atoms with van der Waals surface area (Å²) in [5.74, 6) is 8.22. The molecular formula is C74H75Cl2N10O8P. The molecule has 0 radical (unpaired) electrons. The molecule has 5 N–H and O–H groups in total. The maximum absolute atomic E-state index is 13.8. The van der Waals surface area contributed by atoms with Gasteiger partial charge in [0.1, 0.15) is 0 Å². The minimum absolute atomic E-state index is 0.0640. The highest BCUT2D eigenvalue weighted by Gasteiger charge is 2.37. The van der Waals surface area contributed by atoms with Gasteiger partial charge in [-0.15, -0.1) is 0 Å². The third-order valence-corrected chi connectivity index (χ3v) is 20.1. The number of H-pyrrole nitrogens is 1. The lowest BCUT2D eigenvalue weighted by atomic mass is 9.95. The number of aromatic amines is 1. The lowest BCUT2D eigenvalue weighted by Gasteiger charge is -2.43. The number of nitrogens with one attached hydrogen (secondary N) is 1. The van der Waals surface area contributed by atoms with Crippen LogP contribution in [0.3, 0.4) is 0 Å². The number of benzene rings is 8. The number of carbonyl (C=O) groups is 6. The minimum atomic E-state index is -3.13. The molecule has 2 fully saturated rings. The number of amides is 4. The van der Waals surface area contributed by atoms with Gasteiger partial charge in [-0.2, -0.15) is 0 Å². The number of hydrogen-bond donors (Lipinski definition) is 3. The summed E-state index contributed by atoms with van der Waals surface area (Å²) in [7, 11) is 2.95. The Morgan fingerprint density at radius 2 is 0.863 bits per heavy atom. The van der Waals surface area contributed by atoms with Crippen LogP contribution in [0.2, 0.25) is 10.0 Å². The Kier molecular flexibility index (Phi) is 21.8. The molecule has 12 rings (SSSR count). The van der Waals surface area contributed by atoms with Crippen LogP contribution in [0.15, 0.2) is 219 Å². The number of piperazine rings is 2. The first-order valence-electron chi connectivity index (χ1n) is 31.0. The van der Waals surface area contributed by atoms with Gasteiger partial charge in [0.05, 0.1) is 49.9 Å². The smallest absolute Gasteiger partial charge is 0.294 e. The Morgan fingerprint density at radius 1 is 0.505 bits per heavy atom. The quantitative estimate of drug-likeness (QED) is 0.0287. The van der Waals surface area contributed by atoms with Crippen molar-refractivity contribution in [1.29, 1.82) is 0 Å². The highest BCUT2D eigenvalue weighted by molar-refractivity contribution is 7.74. The van der Waals surface area contributed by atoms with Crippen molar-refractivity contribution in [2.45, 2.75) is 38.0 Å². The number of nitrogen functional groups attached to an aromatic ring is 1. The Morgan fingerprint density at radius 3 is 1.23 bits per heavy atom. The van der Waals surface area contributed by atoms with E-state index in [2.05, 4.69) is 87.6 Å². The summed E-state index contributed by atoms with van der Waals surface area (Å²) >= 11 is 13.2. The molecule has 2 saturated heterocycles. The van der Waals surface area contributed by atoms with Gasteiger partial charge in [0.2, 0.25) is 0 Å². The number of halogens is 2. The Hall–Kier alpha value is -9.49. The van der Waals surface area contributed by atoms with Crippen LogP contribution in [-0.2, 0) is 18.8 Å². The molecule has 4 amide bonds. The van der Waals surface area contributed by atoms with E-state index < -0.39 is 30.7 Å². The molecule has 2 aliphatic rings. The zero-order valence-electron chi connectivity index (χ0n) is 53.6. The number of hydrogen-bond acceptors (Lipinski definition) is 12. The average Bonchev–Trinajstić information content (AvgIpc) is 1.71. The molecule has 4 heterocycles. The lowest BCUT2D eigenvalue weighted by Crippen LogP contribution is -2.54. The van der Waals surface area contributed by atoms with E-state index in [1.807, 2.05) is 109 Å². The number of likely N-dealkylation sites (N-methyl/N-ethyl adjacent to an activating group) is 2. The van der Waals surface area contributed by atoms with Crippen LogP contribution in [0.4, 0.5) is 0 Å². The number of fused-ring (bicyclic) bond motifs is 2. The van der Waals surface area contributed by atoms with E-state index >= 15 is 0 Å². The van der Waals surface area contributed by atoms with Crippen molar-refractivity contribution in [2.75, 3.05) is 73.3 Å². The van der Waals surface area contributed by atoms with Crippen LogP contribution in [0.1, 0.15) is 89.6 Å². The fourth-order valence-corrected chi connectivity index (χ4v) is 14.5. The predicted octanol–water partition coefficient (Wildman–Crippen LogP) is 11.0. The van der Waals surface area contributed by atoms with Gasteiger partial charge in [0, 0.05) is 119 Å². The third kappa shape index (κ3) is 14.9. The molecule has 0 spiro atoms. The monoisotopic (exact) mass is 1330 g/mol. The van der Waals surface area contributed by atoms with Gasteiger partial charge in [-0.3, -0.25) is 47.8 Å². The topological polar surface area (TPSA) is 221 Å². The van der Waals surface area contributed by atoms with Crippen LogP contribution >= 0.6 is 30.6 Å². The van der Waals surface area contributed by atoms with Crippen molar-refractivity contribution in [2.24, 2.45) is 5.90 Å². The van der Waals surface area contributed by atoms with Crippen molar-refractivity contribution in [3.05, 3.63) is 273 Å². The predicted molar refractivity (Wildman–Crippen MR) is 375 cm³/mol. The second-order valence-electron chi connectivity index (χ2n) is 23.9. The van der Waals surface area contributed by atoms with E-state index in [1.165, 1.54) is 77.3 Å². The molecule has 21 heteroatoms. The van der Waals surface area contributed by atoms with Crippen LogP contribution in [0.5, 0.6) is 0 Å². The first-order chi connectivity index (χ1) is 45.7. The average molecular weight is 1330 g/mol. The van der Waals surface area contributed by atoms with E-state index in [4.69, 9.17) is 39.6 Å². The van der Waals surface area contributed by atoms with Crippen molar-refractivity contribution in [3.63, 3.8) is 0 Å². The van der Waals surface area contributed by atoms with Crippen molar-refractivity contribution < 1.29 is 38.0 Å². The van der Waals surface area contributed by atoms with Crippen LogP contribution < -0.4 is 22.3 Å².